The molecule has 2 unspecified atom stereocenters. The molecule has 2 rings (SSSR count). The fourth-order valence-electron chi connectivity index (χ4n) is 2.32. The number of halogens is 3. The van der Waals surface area contributed by atoms with Crippen LogP contribution in [0.1, 0.15) is 24.8 Å². The van der Waals surface area contributed by atoms with Crippen molar-refractivity contribution < 1.29 is 4.74 Å². The predicted octanol–water partition coefficient (Wildman–Crippen LogP) is 4.30. The summed E-state index contributed by atoms with van der Waals surface area (Å²) in [5.74, 6) is 0. The molecule has 0 saturated heterocycles. The Kier molecular flexibility index (Phi) is 5.16. The molecule has 1 saturated carbocycles. The van der Waals surface area contributed by atoms with Gasteiger partial charge in [0.15, 0.2) is 0 Å². The summed E-state index contributed by atoms with van der Waals surface area (Å²) in [6, 6.07) is 3.95. The van der Waals surface area contributed by atoms with Gasteiger partial charge in [-0.25, -0.2) is 0 Å². The standard InChI is InChI=1S/C13H16Cl3NO/c1-18-9-3-2-8(6-9)17-7-10-11(14)4-5-12(15)13(10)16/h4-5,8-9,17H,2-3,6-7H2,1H3. The van der Waals surface area contributed by atoms with E-state index < -0.39 is 0 Å². The van der Waals surface area contributed by atoms with Crippen molar-refractivity contribution in [2.45, 2.75) is 38.0 Å². The summed E-state index contributed by atoms with van der Waals surface area (Å²) in [5, 5.41) is 5.20. The molecule has 0 heterocycles. The molecule has 100 valence electrons. The molecule has 1 aliphatic rings. The third-order valence-corrected chi connectivity index (χ3v) is 4.62. The molecule has 0 aromatic heterocycles. The monoisotopic (exact) mass is 307 g/mol. The quantitative estimate of drug-likeness (QED) is 0.837. The molecule has 0 aliphatic heterocycles. The lowest BCUT2D eigenvalue weighted by molar-refractivity contribution is 0.107. The van der Waals surface area contributed by atoms with Gasteiger partial charge in [-0.05, 0) is 31.4 Å². The zero-order valence-corrected chi connectivity index (χ0v) is 12.4. The van der Waals surface area contributed by atoms with Crippen LogP contribution in [0.25, 0.3) is 0 Å². The van der Waals surface area contributed by atoms with E-state index in [9.17, 15) is 0 Å². The Morgan fingerprint density at radius 3 is 2.61 bits per heavy atom. The average molecular weight is 309 g/mol. The number of hydrogen-bond acceptors (Lipinski definition) is 2. The first-order valence-corrected chi connectivity index (χ1v) is 7.13. The lowest BCUT2D eigenvalue weighted by atomic mass is 10.2. The van der Waals surface area contributed by atoms with E-state index in [4.69, 9.17) is 39.5 Å². The lowest BCUT2D eigenvalue weighted by Gasteiger charge is -2.15. The van der Waals surface area contributed by atoms with Crippen molar-refractivity contribution in [3.8, 4) is 0 Å². The topological polar surface area (TPSA) is 21.3 Å². The van der Waals surface area contributed by atoms with E-state index in [2.05, 4.69) is 5.32 Å². The zero-order chi connectivity index (χ0) is 13.1. The summed E-state index contributed by atoms with van der Waals surface area (Å²) in [6.07, 6.45) is 3.62. The summed E-state index contributed by atoms with van der Waals surface area (Å²) in [7, 11) is 1.76. The highest BCUT2D eigenvalue weighted by molar-refractivity contribution is 6.44. The van der Waals surface area contributed by atoms with Crippen molar-refractivity contribution in [1.29, 1.82) is 0 Å². The van der Waals surface area contributed by atoms with E-state index in [1.807, 2.05) is 0 Å². The fourth-order valence-corrected chi connectivity index (χ4v) is 3.00. The molecule has 0 amide bonds. The number of methoxy groups -OCH3 is 1. The Morgan fingerprint density at radius 2 is 1.94 bits per heavy atom. The molecule has 1 fully saturated rings. The molecule has 0 spiro atoms. The van der Waals surface area contributed by atoms with Gasteiger partial charge in [-0.2, -0.15) is 0 Å². The largest absolute Gasteiger partial charge is 0.381 e. The van der Waals surface area contributed by atoms with Crippen LogP contribution in [-0.4, -0.2) is 19.3 Å². The van der Waals surface area contributed by atoms with Crippen LogP contribution in [0.4, 0.5) is 0 Å². The SMILES string of the molecule is COC1CCC(NCc2c(Cl)ccc(Cl)c2Cl)C1. The molecule has 0 bridgehead atoms. The second kappa shape index (κ2) is 6.44. The summed E-state index contributed by atoms with van der Waals surface area (Å²) in [4.78, 5) is 0. The summed E-state index contributed by atoms with van der Waals surface area (Å²) in [6.45, 7) is 0.638. The fraction of sp³-hybridized carbons (Fsp3) is 0.538. The van der Waals surface area contributed by atoms with E-state index in [-0.39, 0.29) is 0 Å². The molecule has 18 heavy (non-hydrogen) atoms. The first-order chi connectivity index (χ1) is 8.61. The van der Waals surface area contributed by atoms with Crippen LogP contribution in [0.3, 0.4) is 0 Å². The lowest BCUT2D eigenvalue weighted by Crippen LogP contribution is -2.27. The third kappa shape index (κ3) is 3.31. The zero-order valence-electron chi connectivity index (χ0n) is 10.2. The van der Waals surface area contributed by atoms with Gasteiger partial charge in [0.05, 0.1) is 16.1 Å². The van der Waals surface area contributed by atoms with Crippen molar-refractivity contribution in [1.82, 2.24) is 5.32 Å². The van der Waals surface area contributed by atoms with Crippen molar-refractivity contribution in [3.05, 3.63) is 32.8 Å². The number of rotatable bonds is 4. The Morgan fingerprint density at radius 1 is 1.22 bits per heavy atom. The van der Waals surface area contributed by atoms with Crippen molar-refractivity contribution in [2.24, 2.45) is 0 Å². The molecule has 1 aliphatic carbocycles. The van der Waals surface area contributed by atoms with E-state index in [0.29, 0.717) is 33.8 Å². The van der Waals surface area contributed by atoms with Gasteiger partial charge in [0.2, 0.25) is 0 Å². The molecule has 1 N–H and O–H groups in total. The Balaban J connectivity index is 1.97. The second-order valence-corrected chi connectivity index (χ2v) is 5.76. The van der Waals surface area contributed by atoms with Gasteiger partial charge in [-0.3, -0.25) is 0 Å². The van der Waals surface area contributed by atoms with Crippen LogP contribution in [0.2, 0.25) is 15.1 Å². The number of nitrogens with one attached hydrogen (secondary N) is 1. The summed E-state index contributed by atoms with van der Waals surface area (Å²) < 4.78 is 5.35. The van der Waals surface area contributed by atoms with Crippen LogP contribution >= 0.6 is 34.8 Å². The molecule has 2 atom stereocenters. The third-order valence-electron chi connectivity index (χ3n) is 3.42. The minimum Gasteiger partial charge on any atom is -0.381 e. The molecule has 0 radical (unpaired) electrons. The van der Waals surface area contributed by atoms with Crippen LogP contribution in [0.5, 0.6) is 0 Å². The normalized spacial score (nSPS) is 23.6. The van der Waals surface area contributed by atoms with Crippen molar-refractivity contribution >= 4 is 34.8 Å². The molecular weight excluding hydrogens is 293 g/mol. The van der Waals surface area contributed by atoms with Gasteiger partial charge < -0.3 is 10.1 Å². The molecule has 5 heteroatoms. The van der Waals surface area contributed by atoms with Crippen LogP contribution in [0.15, 0.2) is 12.1 Å². The number of benzene rings is 1. The maximum Gasteiger partial charge on any atom is 0.0652 e. The van der Waals surface area contributed by atoms with Gasteiger partial charge in [0, 0.05) is 30.3 Å². The first kappa shape index (κ1) is 14.4. The highest BCUT2D eigenvalue weighted by Crippen LogP contribution is 2.31. The van der Waals surface area contributed by atoms with Crippen LogP contribution in [-0.2, 0) is 11.3 Å². The second-order valence-electron chi connectivity index (χ2n) is 4.57. The molecular formula is C13H16Cl3NO. The molecule has 1 aromatic carbocycles. The smallest absolute Gasteiger partial charge is 0.0652 e. The molecule has 1 aromatic rings. The van der Waals surface area contributed by atoms with Gasteiger partial charge in [-0.1, -0.05) is 34.8 Å². The summed E-state index contributed by atoms with van der Waals surface area (Å²) in [5.41, 5.74) is 0.867. The van der Waals surface area contributed by atoms with Crippen molar-refractivity contribution in [2.75, 3.05) is 7.11 Å². The van der Waals surface area contributed by atoms with Gasteiger partial charge in [-0.15, -0.1) is 0 Å². The van der Waals surface area contributed by atoms with Gasteiger partial charge >= 0.3 is 0 Å². The van der Waals surface area contributed by atoms with Gasteiger partial charge in [0.25, 0.3) is 0 Å². The Bertz CT molecular complexity index is 425. The van der Waals surface area contributed by atoms with Crippen molar-refractivity contribution in [3.63, 3.8) is 0 Å². The van der Waals surface area contributed by atoms with E-state index in [1.54, 1.807) is 19.2 Å². The van der Waals surface area contributed by atoms with E-state index in [0.717, 1.165) is 24.8 Å². The minimum absolute atomic E-state index is 0.368. The maximum absolute atomic E-state index is 6.16. The summed E-state index contributed by atoms with van der Waals surface area (Å²) >= 11 is 18.3. The highest BCUT2D eigenvalue weighted by Gasteiger charge is 2.24. The predicted molar refractivity (Wildman–Crippen MR) is 76.7 cm³/mol. The Hall–Kier alpha value is 0.01000. The minimum atomic E-state index is 0.368. The number of ether oxygens (including phenoxy) is 1. The highest BCUT2D eigenvalue weighted by atomic mass is 35.5. The Labute approximate surface area is 123 Å². The average Bonchev–Trinajstić information content (AvgIpc) is 2.82. The van der Waals surface area contributed by atoms with Crippen LogP contribution in [0, 0.1) is 0 Å². The first-order valence-electron chi connectivity index (χ1n) is 6.00. The van der Waals surface area contributed by atoms with E-state index in [1.165, 1.54) is 0 Å². The molecule has 2 nitrogen and oxygen atoms in total. The van der Waals surface area contributed by atoms with Gasteiger partial charge in [0.1, 0.15) is 0 Å². The maximum atomic E-state index is 6.16. The van der Waals surface area contributed by atoms with E-state index >= 15 is 0 Å². The van der Waals surface area contributed by atoms with Crippen LogP contribution < -0.4 is 5.32 Å². The number of hydrogen-bond donors (Lipinski definition) is 1.